The Bertz CT molecular complexity index is 562. The monoisotopic (exact) mass is 515 g/mol. The minimum absolute atomic E-state index is 0.282. The maximum atomic E-state index is 12.6. The molecule has 1 heterocycles. The van der Waals surface area contributed by atoms with Gasteiger partial charge in [-0.3, -0.25) is 0 Å². The highest BCUT2D eigenvalue weighted by molar-refractivity contribution is 9.15. The molecule has 0 aliphatic rings. The van der Waals surface area contributed by atoms with Gasteiger partial charge in [-0.05, 0) is 63.7 Å². The number of halogens is 7. The number of alkyl halides is 3. The van der Waals surface area contributed by atoms with Gasteiger partial charge in [-0.25, -0.2) is 4.98 Å². The van der Waals surface area contributed by atoms with E-state index in [-0.39, 0.29) is 5.52 Å². The van der Waals surface area contributed by atoms with Crippen molar-refractivity contribution >= 4 is 85.3 Å². The summed E-state index contributed by atoms with van der Waals surface area (Å²) in [6.45, 7) is 0. The van der Waals surface area contributed by atoms with Crippen molar-refractivity contribution < 1.29 is 13.2 Å². The summed E-state index contributed by atoms with van der Waals surface area (Å²) < 4.78 is 40.5. The molecule has 0 bridgehead atoms. The van der Waals surface area contributed by atoms with Gasteiger partial charge in [-0.2, -0.15) is 13.2 Å². The Kier molecular flexibility index (Phi) is 3.96. The Labute approximate surface area is 131 Å². The largest absolute Gasteiger partial charge is 0.443 e. The smallest absolute Gasteiger partial charge is 0.231 e. The lowest BCUT2D eigenvalue weighted by molar-refractivity contribution is -0.137. The topological polar surface area (TPSA) is 12.9 Å². The van der Waals surface area contributed by atoms with E-state index < -0.39 is 11.2 Å². The van der Waals surface area contributed by atoms with Gasteiger partial charge in [0.15, 0.2) is 5.01 Å². The molecule has 0 amide bonds. The van der Waals surface area contributed by atoms with E-state index in [9.17, 15) is 13.2 Å². The van der Waals surface area contributed by atoms with E-state index in [1.165, 1.54) is 0 Å². The lowest BCUT2D eigenvalue weighted by Gasteiger charge is -2.03. The van der Waals surface area contributed by atoms with Crippen molar-refractivity contribution in [2.24, 2.45) is 0 Å². The molecule has 0 spiro atoms. The van der Waals surface area contributed by atoms with Crippen LogP contribution >= 0.6 is 75.1 Å². The zero-order valence-electron chi connectivity index (χ0n) is 7.50. The van der Waals surface area contributed by atoms with Gasteiger partial charge in [0.25, 0.3) is 0 Å². The Morgan fingerprint density at radius 3 is 1.94 bits per heavy atom. The van der Waals surface area contributed by atoms with E-state index in [4.69, 9.17) is 0 Å². The minimum Gasteiger partial charge on any atom is -0.231 e. The molecular weight excluding hydrogens is 519 g/mol. The molecule has 2 aromatic rings. The zero-order valence-corrected chi connectivity index (χ0v) is 14.7. The van der Waals surface area contributed by atoms with Crippen LogP contribution in [0, 0.1) is 0 Å². The van der Waals surface area contributed by atoms with E-state index in [1.807, 2.05) is 0 Å². The summed E-state index contributed by atoms with van der Waals surface area (Å²) in [6.07, 6.45) is -4.43. The average Bonchev–Trinajstić information content (AvgIpc) is 2.67. The molecule has 1 nitrogen and oxygen atoms in total. The number of hydrogen-bond donors (Lipinski definition) is 0. The number of hydrogen-bond acceptors (Lipinski definition) is 2. The molecule has 0 radical (unpaired) electrons. The second-order valence-corrected chi connectivity index (χ2v) is 7.12. The molecule has 9 heteroatoms. The van der Waals surface area contributed by atoms with Gasteiger partial charge in [0, 0.05) is 8.95 Å². The number of nitrogens with zero attached hydrogens (tertiary/aromatic N) is 1. The third-order valence-corrected chi connectivity index (χ3v) is 7.98. The summed E-state index contributed by atoms with van der Waals surface area (Å²) in [6, 6.07) is 0. The van der Waals surface area contributed by atoms with Crippen LogP contribution in [0.4, 0.5) is 13.2 Å². The Balaban J connectivity index is 2.86. The quantitative estimate of drug-likeness (QED) is 0.292. The van der Waals surface area contributed by atoms with Crippen LogP contribution in [0.1, 0.15) is 5.01 Å². The van der Waals surface area contributed by atoms with E-state index in [0.717, 1.165) is 0 Å². The van der Waals surface area contributed by atoms with Gasteiger partial charge in [0.1, 0.15) is 0 Å². The lowest BCUT2D eigenvalue weighted by Crippen LogP contribution is -2.03. The zero-order chi connectivity index (χ0) is 13.0. The molecule has 0 N–H and O–H groups in total. The van der Waals surface area contributed by atoms with E-state index in [0.29, 0.717) is 33.9 Å². The SMILES string of the molecule is FC(F)(F)c1nc2c(Br)c(Br)c(Br)c(Br)c2s1. The van der Waals surface area contributed by atoms with Crippen molar-refractivity contribution in [2.45, 2.75) is 6.18 Å². The first-order chi connectivity index (χ1) is 7.73. The fourth-order valence-electron chi connectivity index (χ4n) is 1.14. The van der Waals surface area contributed by atoms with Crippen LogP contribution in [0.3, 0.4) is 0 Å². The van der Waals surface area contributed by atoms with Gasteiger partial charge in [-0.1, -0.05) is 0 Å². The molecule has 1 aromatic carbocycles. The standard InChI is InChI=1S/C8Br4F3NS/c9-1-2(10)4(12)6-5(3(1)11)16-7(17-6)8(13,14)15. The van der Waals surface area contributed by atoms with E-state index in [2.05, 4.69) is 68.7 Å². The van der Waals surface area contributed by atoms with Crippen LogP contribution in [0.2, 0.25) is 0 Å². The second kappa shape index (κ2) is 4.73. The number of fused-ring (bicyclic) bond motifs is 1. The van der Waals surface area contributed by atoms with Crippen molar-refractivity contribution in [1.29, 1.82) is 0 Å². The second-order valence-electron chi connectivity index (χ2n) is 2.95. The molecule has 0 atom stereocenters. The molecule has 0 saturated carbocycles. The summed E-state index contributed by atoms with van der Waals surface area (Å²) in [4.78, 5) is 3.61. The maximum Gasteiger partial charge on any atom is 0.443 e. The van der Waals surface area contributed by atoms with Gasteiger partial charge in [0.05, 0.1) is 19.2 Å². The highest BCUT2D eigenvalue weighted by Crippen LogP contribution is 2.47. The minimum atomic E-state index is -4.43. The summed E-state index contributed by atoms with van der Waals surface area (Å²) in [7, 11) is 0. The Morgan fingerprint density at radius 2 is 1.41 bits per heavy atom. The van der Waals surface area contributed by atoms with E-state index in [1.54, 1.807) is 0 Å². The Hall–Kier alpha value is 0.820. The predicted octanol–water partition coefficient (Wildman–Crippen LogP) is 6.37. The normalized spacial score (nSPS) is 12.4. The fourth-order valence-corrected chi connectivity index (χ4v) is 4.71. The molecule has 92 valence electrons. The van der Waals surface area contributed by atoms with Gasteiger partial charge >= 0.3 is 6.18 Å². The third-order valence-electron chi connectivity index (χ3n) is 1.86. The summed E-state index contributed by atoms with van der Waals surface area (Å²) in [5.41, 5.74) is 0.282. The molecule has 0 fully saturated rings. The van der Waals surface area contributed by atoms with Crippen LogP contribution in [-0.4, -0.2) is 4.98 Å². The van der Waals surface area contributed by atoms with Gasteiger partial charge in [-0.15, -0.1) is 11.3 Å². The Morgan fingerprint density at radius 1 is 0.882 bits per heavy atom. The van der Waals surface area contributed by atoms with Gasteiger partial charge in [0.2, 0.25) is 0 Å². The van der Waals surface area contributed by atoms with Crippen molar-refractivity contribution in [1.82, 2.24) is 4.98 Å². The number of aromatic nitrogens is 1. The van der Waals surface area contributed by atoms with Crippen LogP contribution < -0.4 is 0 Å². The highest BCUT2D eigenvalue weighted by atomic mass is 79.9. The van der Waals surface area contributed by atoms with Crippen molar-refractivity contribution in [3.63, 3.8) is 0 Å². The first-order valence-corrected chi connectivity index (χ1v) is 7.92. The molecule has 0 aliphatic heterocycles. The van der Waals surface area contributed by atoms with Crippen molar-refractivity contribution in [2.75, 3.05) is 0 Å². The number of thiazole rings is 1. The maximum absolute atomic E-state index is 12.6. The highest BCUT2D eigenvalue weighted by Gasteiger charge is 2.36. The number of benzene rings is 1. The molecule has 17 heavy (non-hydrogen) atoms. The molecule has 0 saturated heterocycles. The molecule has 1 aromatic heterocycles. The summed E-state index contributed by atoms with van der Waals surface area (Å²) in [5, 5.41) is -0.862. The first kappa shape index (κ1) is 14.2. The van der Waals surface area contributed by atoms with Crippen LogP contribution in [0.15, 0.2) is 17.9 Å². The van der Waals surface area contributed by atoms with Crippen LogP contribution in [0.5, 0.6) is 0 Å². The van der Waals surface area contributed by atoms with Crippen molar-refractivity contribution in [3.8, 4) is 0 Å². The fraction of sp³-hybridized carbons (Fsp3) is 0.125. The third kappa shape index (κ3) is 2.45. The summed E-state index contributed by atoms with van der Waals surface area (Å²) >= 11 is 13.6. The molecule has 0 unspecified atom stereocenters. The number of rotatable bonds is 0. The lowest BCUT2D eigenvalue weighted by atomic mass is 10.3. The van der Waals surface area contributed by atoms with Crippen LogP contribution in [0.25, 0.3) is 10.2 Å². The van der Waals surface area contributed by atoms with Crippen molar-refractivity contribution in [3.05, 3.63) is 22.9 Å². The molecular formula is C8Br4F3NS. The van der Waals surface area contributed by atoms with E-state index >= 15 is 0 Å². The van der Waals surface area contributed by atoms with Gasteiger partial charge < -0.3 is 0 Å². The first-order valence-electron chi connectivity index (χ1n) is 3.93. The summed E-state index contributed by atoms with van der Waals surface area (Å²) in [5.74, 6) is 0. The molecule has 0 aliphatic carbocycles. The van der Waals surface area contributed by atoms with Crippen LogP contribution in [-0.2, 0) is 6.18 Å². The molecule has 2 rings (SSSR count). The predicted molar refractivity (Wildman–Crippen MR) is 75.4 cm³/mol. The average molecular weight is 519 g/mol.